The van der Waals surface area contributed by atoms with Gasteiger partial charge in [-0.2, -0.15) is 0 Å². The Hall–Kier alpha value is -0.550. The minimum absolute atomic E-state index is 0.0904. The molecule has 0 spiro atoms. The maximum Gasteiger partial charge on any atom is 0.163 e. The summed E-state index contributed by atoms with van der Waals surface area (Å²) in [5.41, 5.74) is 0.254. The van der Waals surface area contributed by atoms with Crippen LogP contribution in [0.1, 0.15) is 20.3 Å². The van der Waals surface area contributed by atoms with Gasteiger partial charge in [0, 0.05) is 11.3 Å². The molecule has 2 heterocycles. The third-order valence-electron chi connectivity index (χ3n) is 3.21. The molecule has 98 valence electrons. The Balaban J connectivity index is 1.47. The fraction of sp³-hybridized carbons (Fsp3) is 0.571. The first-order valence-electron chi connectivity index (χ1n) is 6.31. The molecule has 3 atom stereocenters. The molecular weight excluding hydrogens is 248 g/mol. The lowest BCUT2D eigenvalue weighted by molar-refractivity contribution is -0.183. The number of hydrogen-bond acceptors (Lipinski definition) is 4. The molecule has 0 bridgehead atoms. The Morgan fingerprint density at radius 3 is 2.50 bits per heavy atom. The summed E-state index contributed by atoms with van der Waals surface area (Å²) in [5, 5.41) is 0. The Morgan fingerprint density at radius 1 is 1.17 bits per heavy atom. The standard InChI is InChI=1S/C14H18O3S/c1-14(2)15-9-12(17-14)11-8-13(16-11)18-10-6-4-3-5-7-10/h3-7,11-13H,8-9H2,1-2H3. The average molecular weight is 266 g/mol. The second-order valence-electron chi connectivity index (χ2n) is 5.14. The summed E-state index contributed by atoms with van der Waals surface area (Å²) in [6.45, 7) is 4.53. The third kappa shape index (κ3) is 2.72. The van der Waals surface area contributed by atoms with Crippen LogP contribution in [-0.2, 0) is 14.2 Å². The van der Waals surface area contributed by atoms with Gasteiger partial charge in [0.15, 0.2) is 5.79 Å². The predicted molar refractivity (Wildman–Crippen MR) is 70.5 cm³/mol. The van der Waals surface area contributed by atoms with E-state index in [0.29, 0.717) is 6.61 Å². The van der Waals surface area contributed by atoms with E-state index in [1.54, 1.807) is 11.8 Å². The second kappa shape index (κ2) is 4.85. The van der Waals surface area contributed by atoms with Crippen LogP contribution in [0.3, 0.4) is 0 Å². The molecule has 0 aromatic heterocycles. The topological polar surface area (TPSA) is 27.7 Å². The zero-order valence-corrected chi connectivity index (χ0v) is 11.5. The van der Waals surface area contributed by atoms with Crippen molar-refractivity contribution in [2.75, 3.05) is 6.61 Å². The van der Waals surface area contributed by atoms with Crippen LogP contribution in [0.25, 0.3) is 0 Å². The van der Waals surface area contributed by atoms with E-state index in [1.807, 2.05) is 19.9 Å². The fourth-order valence-electron chi connectivity index (χ4n) is 2.24. The lowest BCUT2D eigenvalue weighted by Gasteiger charge is -2.38. The van der Waals surface area contributed by atoms with Crippen molar-refractivity contribution in [1.82, 2.24) is 0 Å². The molecule has 1 aromatic rings. The minimum atomic E-state index is -0.453. The molecule has 3 rings (SSSR count). The lowest BCUT2D eigenvalue weighted by Crippen LogP contribution is -2.45. The molecule has 1 aromatic carbocycles. The van der Waals surface area contributed by atoms with Gasteiger partial charge in [-0.3, -0.25) is 0 Å². The van der Waals surface area contributed by atoms with E-state index < -0.39 is 5.79 Å². The number of ether oxygens (including phenoxy) is 3. The molecule has 2 saturated heterocycles. The maximum absolute atomic E-state index is 5.88. The highest BCUT2D eigenvalue weighted by Gasteiger charge is 2.44. The van der Waals surface area contributed by atoms with Crippen LogP contribution >= 0.6 is 11.8 Å². The quantitative estimate of drug-likeness (QED) is 0.840. The van der Waals surface area contributed by atoms with E-state index in [1.165, 1.54) is 4.90 Å². The number of thioether (sulfide) groups is 1. The van der Waals surface area contributed by atoms with Crippen LogP contribution in [0, 0.1) is 0 Å². The summed E-state index contributed by atoms with van der Waals surface area (Å²) in [5.74, 6) is -0.453. The molecule has 0 saturated carbocycles. The first-order valence-corrected chi connectivity index (χ1v) is 7.19. The number of rotatable bonds is 3. The van der Waals surface area contributed by atoms with E-state index in [4.69, 9.17) is 14.2 Å². The van der Waals surface area contributed by atoms with Gasteiger partial charge in [0.1, 0.15) is 11.5 Å². The third-order valence-corrected chi connectivity index (χ3v) is 4.32. The lowest BCUT2D eigenvalue weighted by atomic mass is 10.1. The van der Waals surface area contributed by atoms with Gasteiger partial charge in [-0.15, -0.1) is 0 Å². The van der Waals surface area contributed by atoms with E-state index in [9.17, 15) is 0 Å². The van der Waals surface area contributed by atoms with E-state index >= 15 is 0 Å². The highest BCUT2D eigenvalue weighted by molar-refractivity contribution is 7.99. The fourth-order valence-corrected chi connectivity index (χ4v) is 3.34. The van der Waals surface area contributed by atoms with Crippen molar-refractivity contribution in [2.24, 2.45) is 0 Å². The van der Waals surface area contributed by atoms with Crippen molar-refractivity contribution >= 4 is 11.8 Å². The van der Waals surface area contributed by atoms with Crippen LogP contribution < -0.4 is 0 Å². The number of hydrogen-bond donors (Lipinski definition) is 0. The molecule has 0 aliphatic carbocycles. The normalized spacial score (nSPS) is 34.2. The number of benzene rings is 1. The van der Waals surface area contributed by atoms with Gasteiger partial charge in [0.05, 0.1) is 12.7 Å². The Morgan fingerprint density at radius 2 is 1.89 bits per heavy atom. The Labute approximate surface area is 112 Å². The van der Waals surface area contributed by atoms with Crippen molar-refractivity contribution in [3.8, 4) is 0 Å². The van der Waals surface area contributed by atoms with Crippen molar-refractivity contribution < 1.29 is 14.2 Å². The van der Waals surface area contributed by atoms with E-state index in [2.05, 4.69) is 24.3 Å². The van der Waals surface area contributed by atoms with Crippen LogP contribution in [0.4, 0.5) is 0 Å². The van der Waals surface area contributed by atoms with Gasteiger partial charge in [0.25, 0.3) is 0 Å². The van der Waals surface area contributed by atoms with E-state index in [-0.39, 0.29) is 17.6 Å². The highest BCUT2D eigenvalue weighted by Crippen LogP contribution is 2.39. The molecule has 0 radical (unpaired) electrons. The summed E-state index contributed by atoms with van der Waals surface area (Å²) < 4.78 is 17.2. The molecular formula is C14H18O3S. The minimum Gasteiger partial charge on any atom is -0.361 e. The smallest absolute Gasteiger partial charge is 0.163 e. The van der Waals surface area contributed by atoms with Crippen molar-refractivity contribution in [3.05, 3.63) is 30.3 Å². The summed E-state index contributed by atoms with van der Waals surface area (Å²) in [4.78, 5) is 1.25. The van der Waals surface area contributed by atoms with Gasteiger partial charge < -0.3 is 14.2 Å². The zero-order chi connectivity index (χ0) is 12.6. The van der Waals surface area contributed by atoms with Crippen LogP contribution in [0.15, 0.2) is 35.2 Å². The van der Waals surface area contributed by atoms with Gasteiger partial charge in [-0.25, -0.2) is 0 Å². The Bertz CT molecular complexity index is 401. The van der Waals surface area contributed by atoms with Gasteiger partial charge in [0.2, 0.25) is 0 Å². The van der Waals surface area contributed by atoms with Crippen molar-refractivity contribution in [1.29, 1.82) is 0 Å². The molecule has 0 amide bonds. The molecule has 0 N–H and O–H groups in total. The molecule has 18 heavy (non-hydrogen) atoms. The first kappa shape index (κ1) is 12.5. The largest absolute Gasteiger partial charge is 0.361 e. The van der Waals surface area contributed by atoms with Gasteiger partial charge >= 0.3 is 0 Å². The van der Waals surface area contributed by atoms with E-state index in [0.717, 1.165) is 6.42 Å². The van der Waals surface area contributed by atoms with Crippen molar-refractivity contribution in [2.45, 2.75) is 48.6 Å². The first-order chi connectivity index (χ1) is 8.62. The summed E-state index contributed by atoms with van der Waals surface area (Å²) in [6, 6.07) is 10.4. The molecule has 2 fully saturated rings. The SMILES string of the molecule is CC1(C)OCC(C2CC(Sc3ccccc3)O2)O1. The molecule has 4 heteroatoms. The van der Waals surface area contributed by atoms with Crippen LogP contribution in [-0.4, -0.2) is 30.0 Å². The van der Waals surface area contributed by atoms with Gasteiger partial charge in [-0.1, -0.05) is 30.0 Å². The van der Waals surface area contributed by atoms with Crippen LogP contribution in [0.5, 0.6) is 0 Å². The molecule has 3 nitrogen and oxygen atoms in total. The summed E-state index contributed by atoms with van der Waals surface area (Å²) in [7, 11) is 0. The maximum atomic E-state index is 5.88. The second-order valence-corrected chi connectivity index (χ2v) is 6.37. The zero-order valence-electron chi connectivity index (χ0n) is 10.7. The van der Waals surface area contributed by atoms with Crippen LogP contribution in [0.2, 0.25) is 0 Å². The molecule has 3 unspecified atom stereocenters. The summed E-state index contributed by atoms with van der Waals surface area (Å²) >= 11 is 1.77. The average Bonchev–Trinajstić information content (AvgIpc) is 2.65. The monoisotopic (exact) mass is 266 g/mol. The molecule has 2 aliphatic rings. The van der Waals surface area contributed by atoms with Gasteiger partial charge in [-0.05, 0) is 26.0 Å². The molecule has 2 aliphatic heterocycles. The predicted octanol–water partition coefficient (Wildman–Crippen LogP) is 3.05. The Kier molecular flexibility index (Phi) is 3.36. The highest BCUT2D eigenvalue weighted by atomic mass is 32.2. The van der Waals surface area contributed by atoms with Crippen molar-refractivity contribution in [3.63, 3.8) is 0 Å². The summed E-state index contributed by atoms with van der Waals surface area (Å²) in [6.07, 6.45) is 1.31.